The van der Waals surface area contributed by atoms with Gasteiger partial charge in [-0.25, -0.2) is 23.7 Å². The number of para-hydroxylation sites is 1. The van der Waals surface area contributed by atoms with Gasteiger partial charge in [0.1, 0.15) is 11.6 Å². The molecule has 28 heavy (non-hydrogen) atoms. The topological polar surface area (TPSA) is 75.9 Å². The van der Waals surface area contributed by atoms with E-state index in [1.54, 1.807) is 18.2 Å². The molecule has 1 atom stereocenters. The maximum atomic E-state index is 13.5. The number of anilines is 1. The van der Waals surface area contributed by atoms with E-state index < -0.39 is 42.8 Å². The Morgan fingerprint density at radius 3 is 2.50 bits per heavy atom. The van der Waals surface area contributed by atoms with E-state index in [1.807, 2.05) is 0 Å². The Labute approximate surface area is 156 Å². The van der Waals surface area contributed by atoms with Crippen LogP contribution in [0.25, 0.3) is 10.9 Å². The number of halogens is 5. The molecule has 0 saturated carbocycles. The molecule has 3 rings (SSSR count). The summed E-state index contributed by atoms with van der Waals surface area (Å²) in [6.07, 6.45) is -6.30. The molecule has 11 heteroatoms. The van der Waals surface area contributed by atoms with Crippen molar-refractivity contribution in [3.63, 3.8) is 0 Å². The number of hydrogen-bond donors (Lipinski definition) is 2. The molecule has 6 nitrogen and oxygen atoms in total. The van der Waals surface area contributed by atoms with E-state index in [1.165, 1.54) is 19.3 Å². The summed E-state index contributed by atoms with van der Waals surface area (Å²) in [5, 5.41) is 13.3. The molecule has 0 aliphatic heterocycles. The number of aliphatic hydroxyl groups is 1. The van der Waals surface area contributed by atoms with Gasteiger partial charge in [-0.05, 0) is 12.1 Å². The van der Waals surface area contributed by atoms with Crippen LogP contribution in [0.15, 0.2) is 36.7 Å². The van der Waals surface area contributed by atoms with E-state index in [0.717, 1.165) is 10.8 Å². The highest BCUT2D eigenvalue weighted by Crippen LogP contribution is 2.40. The first-order chi connectivity index (χ1) is 13.1. The van der Waals surface area contributed by atoms with E-state index in [4.69, 9.17) is 0 Å². The molecule has 150 valence electrons. The van der Waals surface area contributed by atoms with Gasteiger partial charge in [-0.15, -0.1) is 0 Å². The summed E-state index contributed by atoms with van der Waals surface area (Å²) in [5.74, 6) is -1.34. The molecule has 0 bridgehead atoms. The lowest BCUT2D eigenvalue weighted by atomic mass is 9.97. The maximum absolute atomic E-state index is 13.5. The standard InChI is InChI=1S/C17H16F5N5O/c1-27-9-8-24-15(27)16(28,17(20,21)22)6-7-23-13-10-4-2-3-5-11(10)25-14(26-13)12(18)19/h2-5,8-9,12,28H,6-7H2,1H3,(H,23,25,26). The lowest BCUT2D eigenvalue weighted by Crippen LogP contribution is -2.45. The first-order valence-electron chi connectivity index (χ1n) is 8.19. The monoisotopic (exact) mass is 401 g/mol. The number of rotatable bonds is 6. The minimum Gasteiger partial charge on any atom is -0.374 e. The van der Waals surface area contributed by atoms with Gasteiger partial charge in [0.15, 0.2) is 5.82 Å². The highest BCUT2D eigenvalue weighted by atomic mass is 19.4. The summed E-state index contributed by atoms with van der Waals surface area (Å²) in [7, 11) is 1.33. The van der Waals surface area contributed by atoms with Crippen molar-refractivity contribution in [2.75, 3.05) is 11.9 Å². The van der Waals surface area contributed by atoms with Crippen LogP contribution in [0.2, 0.25) is 0 Å². The Balaban J connectivity index is 1.88. The quantitative estimate of drug-likeness (QED) is 0.618. The lowest BCUT2D eigenvalue weighted by molar-refractivity contribution is -0.271. The summed E-state index contributed by atoms with van der Waals surface area (Å²) >= 11 is 0. The Morgan fingerprint density at radius 2 is 1.89 bits per heavy atom. The average molecular weight is 401 g/mol. The van der Waals surface area contributed by atoms with Gasteiger partial charge in [-0.2, -0.15) is 13.2 Å². The van der Waals surface area contributed by atoms with Gasteiger partial charge in [-0.1, -0.05) is 12.1 Å². The predicted octanol–water partition coefficient (Wildman–Crippen LogP) is 3.55. The molecular formula is C17H16F5N5O. The van der Waals surface area contributed by atoms with Gasteiger partial charge in [0.2, 0.25) is 5.60 Å². The van der Waals surface area contributed by atoms with Crippen molar-refractivity contribution in [3.8, 4) is 0 Å². The molecule has 0 spiro atoms. The Bertz CT molecular complexity index is 974. The van der Waals surface area contributed by atoms with E-state index in [2.05, 4.69) is 20.3 Å². The maximum Gasteiger partial charge on any atom is 0.424 e. The number of benzene rings is 1. The zero-order chi connectivity index (χ0) is 20.5. The normalized spacial score (nSPS) is 14.4. The van der Waals surface area contributed by atoms with Crippen molar-refractivity contribution in [1.29, 1.82) is 0 Å². The van der Waals surface area contributed by atoms with Crippen molar-refractivity contribution >= 4 is 16.7 Å². The molecule has 0 saturated heterocycles. The molecule has 0 aliphatic rings. The third kappa shape index (κ3) is 3.61. The SMILES string of the molecule is Cn1ccnc1C(O)(CCNc1nc(C(F)F)nc2ccccc12)C(F)(F)F. The van der Waals surface area contributed by atoms with Crippen molar-refractivity contribution in [2.45, 2.75) is 24.6 Å². The van der Waals surface area contributed by atoms with E-state index in [0.29, 0.717) is 5.39 Å². The number of imidazole rings is 1. The van der Waals surface area contributed by atoms with Crippen molar-refractivity contribution < 1.29 is 27.1 Å². The van der Waals surface area contributed by atoms with Gasteiger partial charge in [0.25, 0.3) is 6.43 Å². The second-order valence-electron chi connectivity index (χ2n) is 6.14. The number of nitrogens with zero attached hydrogens (tertiary/aromatic N) is 4. The van der Waals surface area contributed by atoms with Crippen LogP contribution >= 0.6 is 0 Å². The van der Waals surface area contributed by atoms with Crippen molar-refractivity contribution in [3.05, 3.63) is 48.3 Å². The fourth-order valence-electron chi connectivity index (χ4n) is 2.83. The van der Waals surface area contributed by atoms with Crippen LogP contribution < -0.4 is 5.32 Å². The molecule has 0 radical (unpaired) electrons. The molecule has 3 aromatic rings. The lowest BCUT2D eigenvalue weighted by Gasteiger charge is -2.30. The second-order valence-corrected chi connectivity index (χ2v) is 6.14. The molecular weight excluding hydrogens is 385 g/mol. The summed E-state index contributed by atoms with van der Waals surface area (Å²) in [4.78, 5) is 11.1. The second kappa shape index (κ2) is 7.30. The molecule has 0 aliphatic carbocycles. The summed E-state index contributed by atoms with van der Waals surface area (Å²) < 4.78 is 67.7. The molecule has 2 N–H and O–H groups in total. The van der Waals surface area contributed by atoms with Gasteiger partial charge in [0, 0.05) is 37.8 Å². The molecule has 0 fully saturated rings. The van der Waals surface area contributed by atoms with Gasteiger partial charge >= 0.3 is 6.18 Å². The van der Waals surface area contributed by atoms with Crippen LogP contribution in [0.3, 0.4) is 0 Å². The van der Waals surface area contributed by atoms with Crippen LogP contribution in [0.4, 0.5) is 27.8 Å². The third-order valence-corrected chi connectivity index (χ3v) is 4.26. The summed E-state index contributed by atoms with van der Waals surface area (Å²) in [5.41, 5.74) is -2.99. The molecule has 2 heterocycles. The van der Waals surface area contributed by atoms with Crippen molar-refractivity contribution in [1.82, 2.24) is 19.5 Å². The molecule has 1 aromatic carbocycles. The van der Waals surface area contributed by atoms with Gasteiger partial charge in [0.05, 0.1) is 5.52 Å². The van der Waals surface area contributed by atoms with Gasteiger partial charge < -0.3 is 15.0 Å². The molecule has 1 unspecified atom stereocenters. The van der Waals surface area contributed by atoms with Crippen LogP contribution in [0.5, 0.6) is 0 Å². The number of aryl methyl sites for hydroxylation is 1. The Morgan fingerprint density at radius 1 is 1.18 bits per heavy atom. The fourth-order valence-corrected chi connectivity index (χ4v) is 2.83. The van der Waals surface area contributed by atoms with Crippen LogP contribution in [0.1, 0.15) is 24.5 Å². The average Bonchev–Trinajstić information content (AvgIpc) is 3.06. The zero-order valence-corrected chi connectivity index (χ0v) is 14.6. The minimum absolute atomic E-state index is 0.0368. The fraction of sp³-hybridized carbons (Fsp3) is 0.353. The Hall–Kier alpha value is -2.82. The van der Waals surface area contributed by atoms with Crippen LogP contribution in [-0.4, -0.2) is 37.3 Å². The van der Waals surface area contributed by atoms with E-state index in [9.17, 15) is 27.1 Å². The first kappa shape index (κ1) is 19.9. The van der Waals surface area contributed by atoms with E-state index in [-0.39, 0.29) is 11.3 Å². The molecule has 0 amide bonds. The summed E-state index contributed by atoms with van der Waals surface area (Å²) in [6.45, 7) is -0.396. The number of aromatic nitrogens is 4. The number of fused-ring (bicyclic) bond motifs is 1. The third-order valence-electron chi connectivity index (χ3n) is 4.26. The predicted molar refractivity (Wildman–Crippen MR) is 90.8 cm³/mol. The first-order valence-corrected chi connectivity index (χ1v) is 8.19. The number of alkyl halides is 5. The highest BCUT2D eigenvalue weighted by Gasteiger charge is 2.57. The largest absolute Gasteiger partial charge is 0.424 e. The number of nitrogens with one attached hydrogen (secondary N) is 1. The van der Waals surface area contributed by atoms with Crippen LogP contribution in [0, 0.1) is 0 Å². The zero-order valence-electron chi connectivity index (χ0n) is 14.6. The van der Waals surface area contributed by atoms with E-state index >= 15 is 0 Å². The van der Waals surface area contributed by atoms with Crippen LogP contribution in [-0.2, 0) is 12.6 Å². The van der Waals surface area contributed by atoms with Gasteiger partial charge in [-0.3, -0.25) is 0 Å². The number of hydrogen-bond acceptors (Lipinski definition) is 5. The molecule has 2 aromatic heterocycles. The highest BCUT2D eigenvalue weighted by molar-refractivity contribution is 5.88. The minimum atomic E-state index is -4.99. The Kier molecular flexibility index (Phi) is 5.20. The summed E-state index contributed by atoms with van der Waals surface area (Å²) in [6, 6.07) is 6.27. The smallest absolute Gasteiger partial charge is 0.374 e. The van der Waals surface area contributed by atoms with Crippen molar-refractivity contribution in [2.24, 2.45) is 7.05 Å².